The highest BCUT2D eigenvalue weighted by Crippen LogP contribution is 2.33. The Labute approximate surface area is 119 Å². The fourth-order valence-electron chi connectivity index (χ4n) is 4.51. The van der Waals surface area contributed by atoms with Crippen molar-refractivity contribution in [1.29, 1.82) is 0 Å². The van der Waals surface area contributed by atoms with E-state index in [1.807, 2.05) is 0 Å². The van der Waals surface area contributed by atoms with Crippen LogP contribution in [0.1, 0.15) is 40.5 Å². The Kier molecular flexibility index (Phi) is 5.27. The lowest BCUT2D eigenvalue weighted by atomic mass is 9.75. The van der Waals surface area contributed by atoms with Crippen LogP contribution in [0.25, 0.3) is 0 Å². The summed E-state index contributed by atoms with van der Waals surface area (Å²) in [5.74, 6) is 1.69. The Morgan fingerprint density at radius 3 is 2.42 bits per heavy atom. The zero-order valence-corrected chi connectivity index (χ0v) is 13.5. The van der Waals surface area contributed by atoms with Gasteiger partial charge in [-0.2, -0.15) is 0 Å². The monoisotopic (exact) mass is 267 g/mol. The summed E-state index contributed by atoms with van der Waals surface area (Å²) in [6.45, 7) is 14.5. The molecule has 0 bridgehead atoms. The van der Waals surface area contributed by atoms with E-state index >= 15 is 0 Å². The van der Waals surface area contributed by atoms with Crippen molar-refractivity contribution < 1.29 is 0 Å². The van der Waals surface area contributed by atoms with Gasteiger partial charge in [0.15, 0.2) is 0 Å². The van der Waals surface area contributed by atoms with E-state index < -0.39 is 0 Å². The minimum Gasteiger partial charge on any atom is -0.315 e. The van der Waals surface area contributed by atoms with Crippen molar-refractivity contribution in [2.24, 2.45) is 11.8 Å². The summed E-state index contributed by atoms with van der Waals surface area (Å²) < 4.78 is 0. The van der Waals surface area contributed by atoms with Gasteiger partial charge < -0.3 is 5.32 Å². The maximum atomic E-state index is 3.60. The molecule has 2 rings (SSSR count). The number of piperazine rings is 1. The SMILES string of the molecule is CCN1CCN(C2C(C)CC(C)CC2NC)CC1C. The lowest BCUT2D eigenvalue weighted by Crippen LogP contribution is -2.62. The summed E-state index contributed by atoms with van der Waals surface area (Å²) in [7, 11) is 2.15. The average molecular weight is 267 g/mol. The molecule has 2 aliphatic rings. The highest BCUT2D eigenvalue weighted by Gasteiger charge is 2.38. The van der Waals surface area contributed by atoms with Gasteiger partial charge in [-0.05, 0) is 45.2 Å². The molecule has 0 spiro atoms. The first kappa shape index (κ1) is 15.3. The zero-order chi connectivity index (χ0) is 14.0. The van der Waals surface area contributed by atoms with Crippen molar-refractivity contribution in [3.8, 4) is 0 Å². The number of nitrogens with one attached hydrogen (secondary N) is 1. The molecule has 0 radical (unpaired) electrons. The van der Waals surface area contributed by atoms with Gasteiger partial charge in [0.1, 0.15) is 0 Å². The van der Waals surface area contributed by atoms with Crippen LogP contribution in [0, 0.1) is 11.8 Å². The third-order valence-corrected chi connectivity index (χ3v) is 5.42. The molecule has 0 aromatic carbocycles. The summed E-state index contributed by atoms with van der Waals surface area (Å²) in [5, 5.41) is 3.60. The van der Waals surface area contributed by atoms with Crippen molar-refractivity contribution in [2.45, 2.75) is 58.7 Å². The normalized spacial score (nSPS) is 42.5. The molecule has 1 aliphatic heterocycles. The minimum absolute atomic E-state index is 0.680. The van der Waals surface area contributed by atoms with E-state index in [1.54, 1.807) is 0 Å². The summed E-state index contributed by atoms with van der Waals surface area (Å²) in [5.41, 5.74) is 0. The van der Waals surface area contributed by atoms with E-state index in [9.17, 15) is 0 Å². The Hall–Kier alpha value is -0.120. The lowest BCUT2D eigenvalue weighted by Gasteiger charge is -2.50. The van der Waals surface area contributed by atoms with E-state index in [2.05, 4.69) is 49.9 Å². The van der Waals surface area contributed by atoms with Gasteiger partial charge in [0.05, 0.1) is 0 Å². The quantitative estimate of drug-likeness (QED) is 0.844. The van der Waals surface area contributed by atoms with Crippen LogP contribution < -0.4 is 5.32 Å². The van der Waals surface area contributed by atoms with E-state index in [1.165, 1.54) is 39.0 Å². The predicted molar refractivity (Wildman–Crippen MR) is 82.5 cm³/mol. The minimum atomic E-state index is 0.680. The summed E-state index contributed by atoms with van der Waals surface area (Å²) in [6, 6.07) is 2.13. The molecule has 1 saturated carbocycles. The van der Waals surface area contributed by atoms with Gasteiger partial charge in [-0.15, -0.1) is 0 Å². The van der Waals surface area contributed by atoms with Gasteiger partial charge in [0, 0.05) is 37.8 Å². The molecule has 1 heterocycles. The van der Waals surface area contributed by atoms with Gasteiger partial charge in [0.2, 0.25) is 0 Å². The van der Waals surface area contributed by atoms with Gasteiger partial charge >= 0.3 is 0 Å². The van der Waals surface area contributed by atoms with E-state index in [4.69, 9.17) is 0 Å². The number of rotatable bonds is 3. The van der Waals surface area contributed by atoms with Crippen molar-refractivity contribution in [3.63, 3.8) is 0 Å². The third-order valence-electron chi connectivity index (χ3n) is 5.42. The smallest absolute Gasteiger partial charge is 0.0276 e. The summed E-state index contributed by atoms with van der Waals surface area (Å²) in [6.07, 6.45) is 2.74. The molecule has 5 atom stereocenters. The van der Waals surface area contributed by atoms with Crippen LogP contribution in [0.3, 0.4) is 0 Å². The lowest BCUT2D eigenvalue weighted by molar-refractivity contribution is 0.00500. The number of hydrogen-bond acceptors (Lipinski definition) is 3. The predicted octanol–water partition coefficient (Wildman–Crippen LogP) is 2.03. The first-order valence-corrected chi connectivity index (χ1v) is 8.22. The van der Waals surface area contributed by atoms with E-state index in [0.717, 1.165) is 17.9 Å². The van der Waals surface area contributed by atoms with Crippen LogP contribution in [-0.2, 0) is 0 Å². The fourth-order valence-corrected chi connectivity index (χ4v) is 4.51. The fraction of sp³-hybridized carbons (Fsp3) is 1.00. The molecule has 0 aromatic heterocycles. The molecule has 112 valence electrons. The van der Waals surface area contributed by atoms with Crippen LogP contribution >= 0.6 is 0 Å². The van der Waals surface area contributed by atoms with E-state index in [-0.39, 0.29) is 0 Å². The Morgan fingerprint density at radius 2 is 1.84 bits per heavy atom. The zero-order valence-electron chi connectivity index (χ0n) is 13.5. The third kappa shape index (κ3) is 3.32. The molecule has 1 aliphatic carbocycles. The molecule has 0 amide bonds. The van der Waals surface area contributed by atoms with E-state index in [0.29, 0.717) is 12.1 Å². The van der Waals surface area contributed by atoms with Crippen LogP contribution in [0.2, 0.25) is 0 Å². The second kappa shape index (κ2) is 6.55. The molecule has 1 saturated heterocycles. The van der Waals surface area contributed by atoms with Crippen molar-refractivity contribution >= 4 is 0 Å². The van der Waals surface area contributed by atoms with Crippen molar-refractivity contribution in [1.82, 2.24) is 15.1 Å². The maximum absolute atomic E-state index is 3.60. The number of likely N-dealkylation sites (N-methyl/N-ethyl adjacent to an activating group) is 2. The van der Waals surface area contributed by atoms with Crippen LogP contribution in [0.4, 0.5) is 0 Å². The molecule has 0 aromatic rings. The highest BCUT2D eigenvalue weighted by atomic mass is 15.3. The van der Waals surface area contributed by atoms with Gasteiger partial charge in [0.25, 0.3) is 0 Å². The molecule has 3 nitrogen and oxygen atoms in total. The van der Waals surface area contributed by atoms with Crippen LogP contribution in [0.5, 0.6) is 0 Å². The first-order chi connectivity index (χ1) is 9.06. The number of hydrogen-bond donors (Lipinski definition) is 1. The molecule has 5 unspecified atom stereocenters. The molecule has 19 heavy (non-hydrogen) atoms. The second-order valence-electron chi connectivity index (χ2n) is 6.91. The highest BCUT2D eigenvalue weighted by molar-refractivity contribution is 4.96. The number of nitrogens with zero attached hydrogens (tertiary/aromatic N) is 2. The molecular formula is C16H33N3. The maximum Gasteiger partial charge on any atom is 0.0276 e. The summed E-state index contributed by atoms with van der Waals surface area (Å²) in [4.78, 5) is 5.38. The molecule has 3 heteroatoms. The average Bonchev–Trinajstić information content (AvgIpc) is 2.37. The van der Waals surface area contributed by atoms with Crippen molar-refractivity contribution in [2.75, 3.05) is 33.2 Å². The Bertz CT molecular complexity index is 281. The second-order valence-corrected chi connectivity index (χ2v) is 6.91. The van der Waals surface area contributed by atoms with Crippen LogP contribution in [0.15, 0.2) is 0 Å². The first-order valence-electron chi connectivity index (χ1n) is 8.22. The Balaban J connectivity index is 2.03. The standard InChI is InChI=1S/C16H33N3/c1-6-18-7-8-19(11-14(18)4)16-13(3)9-12(2)10-15(16)17-5/h12-17H,6-11H2,1-5H3. The molecule has 1 N–H and O–H groups in total. The van der Waals surface area contributed by atoms with Crippen molar-refractivity contribution in [3.05, 3.63) is 0 Å². The largest absolute Gasteiger partial charge is 0.315 e. The van der Waals surface area contributed by atoms with Gasteiger partial charge in [-0.3, -0.25) is 9.80 Å². The molecule has 2 fully saturated rings. The van der Waals surface area contributed by atoms with Gasteiger partial charge in [-0.25, -0.2) is 0 Å². The topological polar surface area (TPSA) is 18.5 Å². The van der Waals surface area contributed by atoms with Crippen LogP contribution in [-0.4, -0.2) is 61.2 Å². The van der Waals surface area contributed by atoms with Gasteiger partial charge in [-0.1, -0.05) is 20.8 Å². The summed E-state index contributed by atoms with van der Waals surface area (Å²) >= 11 is 0. The molecular weight excluding hydrogens is 234 g/mol. The Morgan fingerprint density at radius 1 is 1.11 bits per heavy atom.